The number of carbonyl (C=O) groups is 2. The van der Waals surface area contributed by atoms with E-state index in [-0.39, 0.29) is 11.9 Å². The highest BCUT2D eigenvalue weighted by atomic mass is 32.2. The van der Waals surface area contributed by atoms with Gasteiger partial charge in [-0.2, -0.15) is 0 Å². The fourth-order valence-electron chi connectivity index (χ4n) is 2.60. The number of benzene rings is 1. The molecule has 1 fully saturated rings. The number of hydrogen-bond acceptors (Lipinski definition) is 3. The van der Waals surface area contributed by atoms with E-state index < -0.39 is 11.9 Å². The number of aliphatic carboxylic acids is 1. The molecular formula is C16H21NO3S. The van der Waals surface area contributed by atoms with E-state index in [0.717, 1.165) is 16.9 Å². The highest BCUT2D eigenvalue weighted by Gasteiger charge is 2.32. The summed E-state index contributed by atoms with van der Waals surface area (Å²) in [5.74, 6) is -0.830. The van der Waals surface area contributed by atoms with Gasteiger partial charge in [0, 0.05) is 17.5 Å². The molecule has 0 saturated carbocycles. The number of aryl methyl sites for hydroxylation is 1. The summed E-state index contributed by atoms with van der Waals surface area (Å²) in [5, 5.41) is 9.13. The van der Waals surface area contributed by atoms with E-state index in [4.69, 9.17) is 5.11 Å². The number of thioether (sulfide) groups is 1. The van der Waals surface area contributed by atoms with Gasteiger partial charge in [0.25, 0.3) is 0 Å². The van der Waals surface area contributed by atoms with Crippen molar-refractivity contribution in [3.8, 4) is 0 Å². The molecule has 1 aliphatic rings. The van der Waals surface area contributed by atoms with E-state index in [0.29, 0.717) is 18.7 Å². The van der Waals surface area contributed by atoms with Gasteiger partial charge in [0.2, 0.25) is 5.91 Å². The SMILES string of the molecule is Cc1ccccc1SCC(=O)N1CC(C(=O)O)CCC1C. The van der Waals surface area contributed by atoms with Gasteiger partial charge in [-0.25, -0.2) is 0 Å². The van der Waals surface area contributed by atoms with Crippen LogP contribution in [0.15, 0.2) is 29.2 Å². The first-order valence-corrected chi connectivity index (χ1v) is 8.18. The van der Waals surface area contributed by atoms with Gasteiger partial charge in [0.05, 0.1) is 11.7 Å². The van der Waals surface area contributed by atoms with Crippen molar-refractivity contribution >= 4 is 23.6 Å². The maximum atomic E-state index is 12.4. The lowest BCUT2D eigenvalue weighted by Gasteiger charge is -2.36. The molecule has 1 amide bonds. The second-order valence-corrected chi connectivity index (χ2v) is 6.58. The van der Waals surface area contributed by atoms with E-state index in [1.54, 1.807) is 4.90 Å². The molecule has 114 valence electrons. The molecule has 2 rings (SSSR count). The summed E-state index contributed by atoms with van der Waals surface area (Å²) in [4.78, 5) is 26.3. The van der Waals surface area contributed by atoms with E-state index in [2.05, 4.69) is 0 Å². The number of likely N-dealkylation sites (tertiary alicyclic amines) is 1. The minimum atomic E-state index is -0.800. The molecule has 1 N–H and O–H groups in total. The molecular weight excluding hydrogens is 286 g/mol. The van der Waals surface area contributed by atoms with Gasteiger partial charge in [-0.1, -0.05) is 18.2 Å². The van der Waals surface area contributed by atoms with Crippen LogP contribution >= 0.6 is 11.8 Å². The maximum absolute atomic E-state index is 12.4. The number of nitrogens with zero attached hydrogens (tertiary/aromatic N) is 1. The van der Waals surface area contributed by atoms with Crippen LogP contribution in [0.2, 0.25) is 0 Å². The van der Waals surface area contributed by atoms with Crippen molar-refractivity contribution in [1.29, 1.82) is 0 Å². The first-order valence-electron chi connectivity index (χ1n) is 7.19. The van der Waals surface area contributed by atoms with E-state index >= 15 is 0 Å². The van der Waals surface area contributed by atoms with Crippen LogP contribution in [-0.4, -0.2) is 40.2 Å². The van der Waals surface area contributed by atoms with Crippen molar-refractivity contribution in [1.82, 2.24) is 4.90 Å². The van der Waals surface area contributed by atoms with E-state index in [9.17, 15) is 9.59 Å². The first kappa shape index (κ1) is 15.9. The topological polar surface area (TPSA) is 57.6 Å². The molecule has 2 atom stereocenters. The molecule has 0 bridgehead atoms. The first-order chi connectivity index (χ1) is 9.99. The number of amides is 1. The van der Waals surface area contributed by atoms with Crippen molar-refractivity contribution in [2.24, 2.45) is 5.92 Å². The molecule has 0 radical (unpaired) electrons. The van der Waals surface area contributed by atoms with Gasteiger partial charge < -0.3 is 10.0 Å². The monoisotopic (exact) mass is 307 g/mol. The summed E-state index contributed by atoms with van der Waals surface area (Å²) in [5.41, 5.74) is 1.16. The Hall–Kier alpha value is -1.49. The summed E-state index contributed by atoms with van der Waals surface area (Å²) in [6, 6.07) is 8.10. The Morgan fingerprint density at radius 2 is 2.05 bits per heavy atom. The van der Waals surface area contributed by atoms with Crippen molar-refractivity contribution in [3.63, 3.8) is 0 Å². The van der Waals surface area contributed by atoms with Gasteiger partial charge in [-0.15, -0.1) is 11.8 Å². The third kappa shape index (κ3) is 4.00. The van der Waals surface area contributed by atoms with Crippen molar-refractivity contribution in [2.45, 2.75) is 37.6 Å². The van der Waals surface area contributed by atoms with E-state index in [1.807, 2.05) is 38.1 Å². The number of piperidine rings is 1. The van der Waals surface area contributed by atoms with Crippen molar-refractivity contribution < 1.29 is 14.7 Å². The molecule has 2 unspecified atom stereocenters. The normalized spacial score (nSPS) is 22.1. The Labute approximate surface area is 129 Å². The number of carboxylic acids is 1. The molecule has 4 nitrogen and oxygen atoms in total. The number of carboxylic acid groups (broad SMARTS) is 1. The summed E-state index contributed by atoms with van der Waals surface area (Å²) in [6.45, 7) is 4.36. The number of hydrogen-bond donors (Lipinski definition) is 1. The van der Waals surface area contributed by atoms with Crippen LogP contribution in [-0.2, 0) is 9.59 Å². The standard InChI is InChI=1S/C16H21NO3S/c1-11-5-3-4-6-14(11)21-10-15(18)17-9-13(16(19)20)8-7-12(17)2/h3-6,12-13H,7-10H2,1-2H3,(H,19,20). The Kier molecular flexibility index (Phi) is 5.28. The highest BCUT2D eigenvalue weighted by Crippen LogP contribution is 2.26. The van der Waals surface area contributed by atoms with Crippen molar-refractivity contribution in [3.05, 3.63) is 29.8 Å². The molecule has 1 aliphatic heterocycles. The highest BCUT2D eigenvalue weighted by molar-refractivity contribution is 8.00. The second kappa shape index (κ2) is 6.98. The largest absolute Gasteiger partial charge is 0.481 e. The van der Waals surface area contributed by atoms with Crippen LogP contribution in [0.25, 0.3) is 0 Å². The summed E-state index contributed by atoms with van der Waals surface area (Å²) >= 11 is 1.52. The zero-order valence-electron chi connectivity index (χ0n) is 12.4. The Bertz CT molecular complexity index is 532. The zero-order valence-corrected chi connectivity index (χ0v) is 13.2. The Morgan fingerprint density at radius 3 is 2.71 bits per heavy atom. The lowest BCUT2D eigenvalue weighted by atomic mass is 9.93. The minimum Gasteiger partial charge on any atom is -0.481 e. The fourth-order valence-corrected chi connectivity index (χ4v) is 3.51. The van der Waals surface area contributed by atoms with Crippen LogP contribution in [0.1, 0.15) is 25.3 Å². The number of rotatable bonds is 4. The van der Waals surface area contributed by atoms with Crippen LogP contribution < -0.4 is 0 Å². The molecule has 0 spiro atoms. The van der Waals surface area contributed by atoms with Gasteiger partial charge in [0.15, 0.2) is 0 Å². The molecule has 1 aromatic rings. The molecule has 1 heterocycles. The lowest BCUT2D eigenvalue weighted by molar-refractivity contribution is -0.146. The molecule has 0 aromatic heterocycles. The summed E-state index contributed by atoms with van der Waals surface area (Å²) < 4.78 is 0. The minimum absolute atomic E-state index is 0.0294. The van der Waals surface area contributed by atoms with Crippen LogP contribution in [0.5, 0.6) is 0 Å². The third-order valence-electron chi connectivity index (χ3n) is 4.00. The average Bonchev–Trinajstić information content (AvgIpc) is 2.46. The predicted octanol–water partition coefficient (Wildman–Crippen LogP) is 2.80. The molecule has 1 aromatic carbocycles. The third-order valence-corrected chi connectivity index (χ3v) is 5.16. The number of carbonyl (C=O) groups excluding carboxylic acids is 1. The summed E-state index contributed by atoms with van der Waals surface area (Å²) in [6.07, 6.45) is 1.42. The van der Waals surface area contributed by atoms with Crippen LogP contribution in [0, 0.1) is 12.8 Å². The Morgan fingerprint density at radius 1 is 1.33 bits per heavy atom. The average molecular weight is 307 g/mol. The van der Waals surface area contributed by atoms with E-state index in [1.165, 1.54) is 11.8 Å². The van der Waals surface area contributed by atoms with Gasteiger partial charge in [-0.05, 0) is 38.3 Å². The van der Waals surface area contributed by atoms with Crippen LogP contribution in [0.3, 0.4) is 0 Å². The predicted molar refractivity (Wildman–Crippen MR) is 83.4 cm³/mol. The fraction of sp³-hybridized carbons (Fsp3) is 0.500. The summed E-state index contributed by atoms with van der Waals surface area (Å²) in [7, 11) is 0. The second-order valence-electron chi connectivity index (χ2n) is 5.56. The molecule has 1 saturated heterocycles. The quantitative estimate of drug-likeness (QED) is 0.869. The smallest absolute Gasteiger partial charge is 0.308 e. The molecule has 21 heavy (non-hydrogen) atoms. The van der Waals surface area contributed by atoms with Crippen molar-refractivity contribution in [2.75, 3.05) is 12.3 Å². The maximum Gasteiger partial charge on any atom is 0.308 e. The lowest BCUT2D eigenvalue weighted by Crippen LogP contribution is -2.48. The van der Waals surface area contributed by atoms with Gasteiger partial charge >= 0.3 is 5.97 Å². The molecule has 0 aliphatic carbocycles. The Balaban J connectivity index is 1.95. The van der Waals surface area contributed by atoms with Crippen LogP contribution in [0.4, 0.5) is 0 Å². The van der Waals surface area contributed by atoms with Gasteiger partial charge in [0.1, 0.15) is 0 Å². The molecule has 5 heteroatoms. The van der Waals surface area contributed by atoms with Gasteiger partial charge in [-0.3, -0.25) is 9.59 Å². The zero-order chi connectivity index (χ0) is 15.4.